The van der Waals surface area contributed by atoms with Crippen LogP contribution < -0.4 is 10.1 Å². The quantitative estimate of drug-likeness (QED) is 0.469. The average Bonchev–Trinajstić information content (AvgIpc) is 3.14. The summed E-state index contributed by atoms with van der Waals surface area (Å²) in [6.07, 6.45) is 0. The third-order valence-corrected chi connectivity index (χ3v) is 4.25. The van der Waals surface area contributed by atoms with E-state index < -0.39 is 0 Å². The summed E-state index contributed by atoms with van der Waals surface area (Å²) in [5.41, 5.74) is 1.11. The van der Waals surface area contributed by atoms with Crippen molar-refractivity contribution in [2.75, 3.05) is 11.1 Å². The summed E-state index contributed by atoms with van der Waals surface area (Å²) in [5.74, 6) is 0.844. The van der Waals surface area contributed by atoms with Gasteiger partial charge in [-0.1, -0.05) is 42.1 Å². The Morgan fingerprint density at radius 1 is 1.11 bits per heavy atom. The summed E-state index contributed by atoms with van der Waals surface area (Å²) in [6.45, 7) is 1.63. The molecule has 0 aliphatic rings. The molecule has 138 valence electrons. The van der Waals surface area contributed by atoms with Crippen LogP contribution in [-0.4, -0.2) is 27.6 Å². The Morgan fingerprint density at radius 2 is 1.93 bits per heavy atom. The van der Waals surface area contributed by atoms with Crippen LogP contribution in [-0.2, 0) is 11.4 Å². The van der Waals surface area contributed by atoms with Crippen molar-refractivity contribution in [2.24, 2.45) is 0 Å². The van der Waals surface area contributed by atoms with Crippen LogP contribution in [0, 0.1) is 0 Å². The lowest BCUT2D eigenvalue weighted by Crippen LogP contribution is -2.14. The van der Waals surface area contributed by atoms with E-state index in [0.717, 1.165) is 11.8 Å². The number of hydrogen-bond donors (Lipinski definition) is 1. The van der Waals surface area contributed by atoms with Gasteiger partial charge in [0.1, 0.15) is 5.75 Å². The topological polar surface area (TPSA) is 94.3 Å². The van der Waals surface area contributed by atoms with Crippen LogP contribution in [0.5, 0.6) is 5.75 Å². The number of carbonyl (C=O) groups is 2. The predicted octanol–water partition coefficient (Wildman–Crippen LogP) is 3.58. The van der Waals surface area contributed by atoms with Crippen molar-refractivity contribution in [2.45, 2.75) is 18.8 Å². The Morgan fingerprint density at radius 3 is 2.70 bits per heavy atom. The Balaban J connectivity index is 1.47. The summed E-state index contributed by atoms with van der Waals surface area (Å²) >= 11 is 1.13. The van der Waals surface area contributed by atoms with E-state index >= 15 is 0 Å². The molecule has 0 saturated heterocycles. The Hall–Kier alpha value is -3.13. The molecule has 0 aliphatic carbocycles. The van der Waals surface area contributed by atoms with Crippen LogP contribution in [0.1, 0.15) is 23.2 Å². The van der Waals surface area contributed by atoms with Gasteiger partial charge < -0.3 is 14.5 Å². The SMILES string of the molecule is CC(=O)c1cccc(NC(=O)CSc2nnc(COc3ccccc3)o2)c1. The van der Waals surface area contributed by atoms with Crippen LogP contribution in [0.25, 0.3) is 0 Å². The Labute approximate surface area is 160 Å². The van der Waals surface area contributed by atoms with Crippen molar-refractivity contribution in [1.29, 1.82) is 0 Å². The molecule has 0 spiro atoms. The first-order valence-electron chi connectivity index (χ1n) is 8.14. The van der Waals surface area contributed by atoms with Gasteiger partial charge >= 0.3 is 0 Å². The Kier molecular flexibility index (Phi) is 6.22. The van der Waals surface area contributed by atoms with E-state index in [9.17, 15) is 9.59 Å². The fourth-order valence-electron chi connectivity index (χ4n) is 2.16. The average molecular weight is 383 g/mol. The van der Waals surface area contributed by atoms with E-state index in [1.165, 1.54) is 6.92 Å². The molecule has 27 heavy (non-hydrogen) atoms. The van der Waals surface area contributed by atoms with E-state index in [2.05, 4.69) is 15.5 Å². The first-order chi connectivity index (χ1) is 13.1. The lowest BCUT2D eigenvalue weighted by molar-refractivity contribution is -0.113. The Bertz CT molecular complexity index is 927. The highest BCUT2D eigenvalue weighted by atomic mass is 32.2. The zero-order valence-corrected chi connectivity index (χ0v) is 15.4. The summed E-state index contributed by atoms with van der Waals surface area (Å²) in [4.78, 5) is 23.4. The number of hydrogen-bond acceptors (Lipinski definition) is 7. The molecule has 0 saturated carbocycles. The molecule has 1 heterocycles. The number of Topliss-reactive ketones (excluding diaryl/α,β-unsaturated/α-hetero) is 1. The second-order valence-electron chi connectivity index (χ2n) is 5.54. The lowest BCUT2D eigenvalue weighted by Gasteiger charge is -2.05. The molecule has 0 unspecified atom stereocenters. The second-order valence-corrected chi connectivity index (χ2v) is 6.46. The van der Waals surface area contributed by atoms with Crippen LogP contribution in [0.2, 0.25) is 0 Å². The third kappa shape index (κ3) is 5.68. The first-order valence-corrected chi connectivity index (χ1v) is 9.12. The van der Waals surface area contributed by atoms with Gasteiger partial charge in [0.2, 0.25) is 5.91 Å². The van der Waals surface area contributed by atoms with E-state index in [4.69, 9.17) is 9.15 Å². The van der Waals surface area contributed by atoms with Gasteiger partial charge in [-0.05, 0) is 31.2 Å². The lowest BCUT2D eigenvalue weighted by atomic mass is 10.1. The number of aromatic nitrogens is 2. The number of amides is 1. The van der Waals surface area contributed by atoms with Gasteiger partial charge in [-0.2, -0.15) is 0 Å². The largest absolute Gasteiger partial charge is 0.484 e. The van der Waals surface area contributed by atoms with Crippen LogP contribution in [0.3, 0.4) is 0 Å². The van der Waals surface area contributed by atoms with Crippen LogP contribution in [0.15, 0.2) is 64.2 Å². The monoisotopic (exact) mass is 383 g/mol. The van der Waals surface area contributed by atoms with Gasteiger partial charge in [0.05, 0.1) is 5.75 Å². The number of anilines is 1. The van der Waals surface area contributed by atoms with Gasteiger partial charge in [0, 0.05) is 11.3 Å². The number of ketones is 1. The number of carbonyl (C=O) groups excluding carboxylic acids is 2. The summed E-state index contributed by atoms with van der Waals surface area (Å²) < 4.78 is 11.0. The van der Waals surface area contributed by atoms with E-state index in [1.54, 1.807) is 24.3 Å². The molecule has 0 radical (unpaired) electrons. The standard InChI is InChI=1S/C19H17N3O4S/c1-13(23)14-6-5-7-15(10-14)20-17(24)12-27-19-22-21-18(26-19)11-25-16-8-3-2-4-9-16/h2-10H,11-12H2,1H3,(H,20,24). The van der Waals surface area contributed by atoms with E-state index in [-0.39, 0.29) is 29.3 Å². The van der Waals surface area contributed by atoms with Gasteiger partial charge in [-0.3, -0.25) is 9.59 Å². The number of thioether (sulfide) groups is 1. The molecule has 0 fully saturated rings. The highest BCUT2D eigenvalue weighted by Crippen LogP contribution is 2.18. The van der Waals surface area contributed by atoms with Gasteiger partial charge in [0.25, 0.3) is 11.1 Å². The molecule has 0 bridgehead atoms. The number of rotatable bonds is 8. The zero-order chi connectivity index (χ0) is 19.1. The summed E-state index contributed by atoms with van der Waals surface area (Å²) in [7, 11) is 0. The van der Waals surface area contributed by atoms with Crippen molar-refractivity contribution < 1.29 is 18.7 Å². The number of para-hydroxylation sites is 1. The minimum Gasteiger partial charge on any atom is -0.484 e. The molecule has 0 atom stereocenters. The minimum atomic E-state index is -0.235. The van der Waals surface area contributed by atoms with Crippen molar-refractivity contribution in [3.8, 4) is 5.75 Å². The van der Waals surface area contributed by atoms with E-state index in [0.29, 0.717) is 22.9 Å². The second kappa shape index (κ2) is 9.00. The number of nitrogens with one attached hydrogen (secondary N) is 1. The normalized spacial score (nSPS) is 10.4. The maximum Gasteiger partial charge on any atom is 0.277 e. The molecule has 1 N–H and O–H groups in total. The zero-order valence-electron chi connectivity index (χ0n) is 14.5. The van der Waals surface area contributed by atoms with Crippen LogP contribution in [0.4, 0.5) is 5.69 Å². The first kappa shape index (κ1) is 18.7. The minimum absolute atomic E-state index is 0.0587. The molecule has 8 heteroatoms. The smallest absolute Gasteiger partial charge is 0.277 e. The molecule has 3 aromatic rings. The molecule has 3 rings (SSSR count). The van der Waals surface area contributed by atoms with Crippen LogP contribution >= 0.6 is 11.8 Å². The third-order valence-electron chi connectivity index (χ3n) is 3.43. The van der Waals surface area contributed by atoms with Gasteiger partial charge in [-0.15, -0.1) is 10.2 Å². The molecular weight excluding hydrogens is 366 g/mol. The van der Waals surface area contributed by atoms with Crippen molar-refractivity contribution >= 4 is 29.1 Å². The molecule has 7 nitrogen and oxygen atoms in total. The summed E-state index contributed by atoms with van der Waals surface area (Å²) in [5, 5.41) is 10.8. The summed E-state index contributed by atoms with van der Waals surface area (Å²) in [6, 6.07) is 16.1. The number of benzene rings is 2. The fourth-order valence-corrected chi connectivity index (χ4v) is 2.74. The molecule has 2 aromatic carbocycles. The number of nitrogens with zero attached hydrogens (tertiary/aromatic N) is 2. The fraction of sp³-hybridized carbons (Fsp3) is 0.158. The van der Waals surface area contributed by atoms with Crippen molar-refractivity contribution in [3.63, 3.8) is 0 Å². The van der Waals surface area contributed by atoms with Gasteiger partial charge in [0.15, 0.2) is 12.4 Å². The molecule has 1 aromatic heterocycles. The van der Waals surface area contributed by atoms with Gasteiger partial charge in [-0.25, -0.2) is 0 Å². The van der Waals surface area contributed by atoms with E-state index in [1.807, 2.05) is 30.3 Å². The maximum atomic E-state index is 12.1. The number of ether oxygens (including phenoxy) is 1. The van der Waals surface area contributed by atoms with Crippen molar-refractivity contribution in [1.82, 2.24) is 10.2 Å². The highest BCUT2D eigenvalue weighted by molar-refractivity contribution is 7.99. The predicted molar refractivity (Wildman–Crippen MR) is 101 cm³/mol. The molecule has 0 aliphatic heterocycles. The molecule has 1 amide bonds. The highest BCUT2D eigenvalue weighted by Gasteiger charge is 2.11. The van der Waals surface area contributed by atoms with Crippen molar-refractivity contribution in [3.05, 3.63) is 66.1 Å². The maximum absolute atomic E-state index is 12.1. The molecular formula is C19H17N3O4S.